The molecule has 0 aliphatic rings. The van der Waals surface area contributed by atoms with Gasteiger partial charge in [0.15, 0.2) is 0 Å². The summed E-state index contributed by atoms with van der Waals surface area (Å²) in [7, 11) is 0. The van der Waals surface area contributed by atoms with E-state index in [1.165, 1.54) is 0 Å². The summed E-state index contributed by atoms with van der Waals surface area (Å²) in [5, 5.41) is 7.72. The van der Waals surface area contributed by atoms with E-state index in [9.17, 15) is 14.4 Å². The molecule has 0 fully saturated rings. The summed E-state index contributed by atoms with van der Waals surface area (Å²) in [4.78, 5) is 32.3. The van der Waals surface area contributed by atoms with Crippen molar-refractivity contribution in [1.82, 2.24) is 4.98 Å². The van der Waals surface area contributed by atoms with E-state index in [0.29, 0.717) is 5.56 Å². The molecule has 1 heterocycles. The van der Waals surface area contributed by atoms with E-state index in [2.05, 4.69) is 4.98 Å². The minimum atomic E-state index is -0.722. The van der Waals surface area contributed by atoms with Crippen molar-refractivity contribution < 1.29 is 14.7 Å². The molecule has 1 aromatic heterocycles. The van der Waals surface area contributed by atoms with Crippen molar-refractivity contribution in [2.45, 2.75) is 13.3 Å². The van der Waals surface area contributed by atoms with Gasteiger partial charge in [-0.15, -0.1) is 0 Å². The third-order valence-corrected chi connectivity index (χ3v) is 2.14. The highest BCUT2D eigenvalue weighted by atomic mass is 35.5. The molecule has 17 heavy (non-hydrogen) atoms. The lowest BCUT2D eigenvalue weighted by Crippen LogP contribution is -2.03. The largest absolute Gasteiger partial charge is 0.507 e. The fourth-order valence-corrected chi connectivity index (χ4v) is 1.19. The molecule has 0 aromatic carbocycles. The van der Waals surface area contributed by atoms with Gasteiger partial charge in [-0.2, -0.15) is 0 Å². The van der Waals surface area contributed by atoms with E-state index in [0.717, 1.165) is 6.07 Å². The number of aromatic hydroxyl groups is 1. The Morgan fingerprint density at radius 3 is 2.12 bits per heavy atom. The fourth-order valence-electron chi connectivity index (χ4n) is 0.692. The first kappa shape index (κ1) is 16.0. The highest BCUT2D eigenvalue weighted by Crippen LogP contribution is 2.18. The first-order valence-electron chi connectivity index (χ1n) is 4.19. The maximum Gasteiger partial charge on any atom is 0.252 e. The molecule has 1 rings (SSSR count). The zero-order valence-corrected chi connectivity index (χ0v) is 10.9. The molecule has 0 aliphatic heterocycles. The molecule has 0 aliphatic carbocycles. The normalized spacial score (nSPS) is 9.18. The lowest BCUT2D eigenvalue weighted by molar-refractivity contribution is -0.118. The van der Waals surface area contributed by atoms with E-state index in [-0.39, 0.29) is 17.3 Å². The molecule has 0 radical (unpaired) electrons. The summed E-state index contributed by atoms with van der Waals surface area (Å²) in [6.45, 7) is 1.62. The van der Waals surface area contributed by atoms with Crippen LogP contribution in [0.3, 0.4) is 0 Å². The van der Waals surface area contributed by atoms with Crippen molar-refractivity contribution in [3.8, 4) is 5.75 Å². The van der Waals surface area contributed by atoms with Crippen LogP contribution < -0.4 is 5.56 Å². The van der Waals surface area contributed by atoms with Crippen LogP contribution in [0, 0.1) is 6.92 Å². The molecule has 0 bridgehead atoms. The van der Waals surface area contributed by atoms with Crippen LogP contribution in [0.15, 0.2) is 10.9 Å². The van der Waals surface area contributed by atoms with Crippen LogP contribution in [-0.4, -0.2) is 20.6 Å². The number of aromatic amines is 1. The van der Waals surface area contributed by atoms with Gasteiger partial charge in [0.2, 0.25) is 10.5 Å². The average Bonchev–Trinajstić information content (AvgIpc) is 2.12. The Bertz CT molecular complexity index is 445. The van der Waals surface area contributed by atoms with Crippen LogP contribution >= 0.6 is 34.8 Å². The van der Waals surface area contributed by atoms with Crippen LogP contribution in [0.1, 0.15) is 12.0 Å². The number of hydrogen-bond donors (Lipinski definition) is 2. The van der Waals surface area contributed by atoms with Gasteiger partial charge in [-0.25, -0.2) is 0 Å². The number of rotatable bonds is 2. The lowest BCUT2D eigenvalue weighted by Gasteiger charge is -1.97. The van der Waals surface area contributed by atoms with Gasteiger partial charge in [0.05, 0.1) is 6.42 Å². The summed E-state index contributed by atoms with van der Waals surface area (Å²) in [5.74, 6) is -0.0752. The summed E-state index contributed by atoms with van der Waals surface area (Å²) < 4.78 is 0. The van der Waals surface area contributed by atoms with E-state index >= 15 is 0 Å². The molecule has 0 unspecified atom stereocenters. The second-order valence-corrected chi connectivity index (χ2v) is 4.07. The number of nitrogens with one attached hydrogen (secondary N) is 1. The number of aromatic nitrogens is 1. The molecule has 94 valence electrons. The quantitative estimate of drug-likeness (QED) is 0.496. The van der Waals surface area contributed by atoms with Crippen LogP contribution in [0.25, 0.3) is 0 Å². The Labute approximate surface area is 111 Å². The maximum atomic E-state index is 10.6. The highest BCUT2D eigenvalue weighted by molar-refractivity contribution is 6.72. The number of carbonyl (C=O) groups excluding carboxylic acids is 2. The second kappa shape index (κ2) is 7.32. The van der Waals surface area contributed by atoms with Crippen molar-refractivity contribution >= 4 is 45.3 Å². The fraction of sp³-hybridized carbons (Fsp3) is 0.222. The number of pyridine rings is 1. The summed E-state index contributed by atoms with van der Waals surface area (Å²) in [5.41, 5.74) is 0.0920. The Balaban J connectivity index is 0.000000325. The maximum absolute atomic E-state index is 10.6. The molecule has 1 aromatic rings. The van der Waals surface area contributed by atoms with E-state index in [1.54, 1.807) is 6.92 Å². The van der Waals surface area contributed by atoms with Crippen LogP contribution in [0.4, 0.5) is 0 Å². The predicted octanol–water partition coefficient (Wildman–Crippen LogP) is 1.95. The molecule has 0 amide bonds. The standard InChI is InChI=1S/C6H6ClNO2.C3H2Cl2O2/c1-3-4(9)2-5(10)8-6(3)7;4-2(6)1-3(5)7/h2H,1H3,(H2,8,9,10);1H2. The Morgan fingerprint density at radius 1 is 1.35 bits per heavy atom. The lowest BCUT2D eigenvalue weighted by atomic mass is 10.3. The van der Waals surface area contributed by atoms with E-state index in [4.69, 9.17) is 39.9 Å². The number of hydrogen-bond acceptors (Lipinski definition) is 4. The zero-order valence-electron chi connectivity index (χ0n) is 8.59. The van der Waals surface area contributed by atoms with Gasteiger partial charge in [-0.05, 0) is 30.1 Å². The number of halogens is 3. The van der Waals surface area contributed by atoms with Gasteiger partial charge in [0, 0.05) is 11.6 Å². The summed E-state index contributed by atoms with van der Waals surface area (Å²) in [6, 6.07) is 1.08. The van der Waals surface area contributed by atoms with Gasteiger partial charge in [-0.3, -0.25) is 14.4 Å². The van der Waals surface area contributed by atoms with Crippen LogP contribution in [-0.2, 0) is 9.59 Å². The Morgan fingerprint density at radius 2 is 1.82 bits per heavy atom. The minimum absolute atomic E-state index is 0.0752. The molecule has 5 nitrogen and oxygen atoms in total. The van der Waals surface area contributed by atoms with Crippen molar-refractivity contribution in [2.75, 3.05) is 0 Å². The average molecular weight is 301 g/mol. The molecule has 0 atom stereocenters. The molecule has 2 N–H and O–H groups in total. The Kier molecular flexibility index (Phi) is 6.87. The first-order valence-corrected chi connectivity index (χ1v) is 5.32. The molecular weight excluding hydrogens is 292 g/mol. The molecular formula is C9H8Cl3NO4. The third kappa shape index (κ3) is 6.99. The minimum Gasteiger partial charge on any atom is -0.507 e. The van der Waals surface area contributed by atoms with Gasteiger partial charge >= 0.3 is 0 Å². The van der Waals surface area contributed by atoms with Gasteiger partial charge in [0.25, 0.3) is 5.56 Å². The van der Waals surface area contributed by atoms with Crippen LogP contribution in [0.2, 0.25) is 5.15 Å². The first-order chi connectivity index (χ1) is 7.73. The van der Waals surface area contributed by atoms with Crippen LogP contribution in [0.5, 0.6) is 5.75 Å². The SMILES string of the molecule is Cc1c(O)cc(=O)[nH]c1Cl.O=C(Cl)CC(=O)Cl. The van der Waals surface area contributed by atoms with Crippen molar-refractivity contribution in [3.05, 3.63) is 27.1 Å². The topological polar surface area (TPSA) is 87.2 Å². The van der Waals surface area contributed by atoms with E-state index < -0.39 is 16.0 Å². The molecule has 8 heteroatoms. The Hall–Kier alpha value is -1.04. The highest BCUT2D eigenvalue weighted by Gasteiger charge is 2.01. The van der Waals surface area contributed by atoms with Crippen molar-refractivity contribution in [2.24, 2.45) is 0 Å². The predicted molar refractivity (Wildman–Crippen MR) is 64.8 cm³/mol. The van der Waals surface area contributed by atoms with Crippen molar-refractivity contribution in [1.29, 1.82) is 0 Å². The van der Waals surface area contributed by atoms with E-state index in [1.807, 2.05) is 0 Å². The number of H-pyrrole nitrogens is 1. The summed E-state index contributed by atoms with van der Waals surface area (Å²) in [6.07, 6.45) is -0.386. The molecule has 0 saturated heterocycles. The van der Waals surface area contributed by atoms with Gasteiger partial charge in [0.1, 0.15) is 10.9 Å². The second-order valence-electron chi connectivity index (χ2n) is 2.84. The zero-order chi connectivity index (χ0) is 13.6. The monoisotopic (exact) mass is 299 g/mol. The van der Waals surface area contributed by atoms with Gasteiger partial charge < -0.3 is 10.1 Å². The smallest absolute Gasteiger partial charge is 0.252 e. The van der Waals surface area contributed by atoms with Gasteiger partial charge in [-0.1, -0.05) is 11.6 Å². The molecule has 0 saturated carbocycles. The number of carbonyl (C=O) groups is 2. The molecule has 0 spiro atoms. The third-order valence-electron chi connectivity index (χ3n) is 1.49. The summed E-state index contributed by atoms with van der Waals surface area (Å²) >= 11 is 15.0. The van der Waals surface area contributed by atoms with Crippen molar-refractivity contribution in [3.63, 3.8) is 0 Å².